The Labute approximate surface area is 117 Å². The molecule has 5 heteroatoms. The lowest BCUT2D eigenvalue weighted by Crippen LogP contribution is -2.62. The van der Waals surface area contributed by atoms with Crippen molar-refractivity contribution in [3.63, 3.8) is 0 Å². The Morgan fingerprint density at radius 2 is 2.05 bits per heavy atom. The first-order chi connectivity index (χ1) is 9.00. The van der Waals surface area contributed by atoms with Gasteiger partial charge in [-0.1, -0.05) is 6.92 Å². The van der Waals surface area contributed by atoms with Crippen LogP contribution in [0.2, 0.25) is 0 Å². The van der Waals surface area contributed by atoms with Crippen molar-refractivity contribution in [1.29, 1.82) is 0 Å². The second kappa shape index (κ2) is 7.55. The van der Waals surface area contributed by atoms with E-state index in [1.165, 1.54) is 0 Å². The third kappa shape index (κ3) is 4.13. The Kier molecular flexibility index (Phi) is 6.69. The van der Waals surface area contributed by atoms with Crippen LogP contribution in [0.5, 0.6) is 0 Å². The molecule has 0 saturated carbocycles. The van der Waals surface area contributed by atoms with Crippen molar-refractivity contribution in [1.82, 2.24) is 4.90 Å². The highest BCUT2D eigenvalue weighted by Crippen LogP contribution is 2.28. The number of hydrogen-bond acceptors (Lipinski definition) is 5. The summed E-state index contributed by atoms with van der Waals surface area (Å²) in [5.41, 5.74) is 5.93. The molecule has 1 rings (SSSR count). The number of nitrogens with zero attached hydrogens (tertiary/aromatic N) is 1. The lowest BCUT2D eigenvalue weighted by molar-refractivity contribution is -0.151. The molecule has 1 fully saturated rings. The van der Waals surface area contributed by atoms with Gasteiger partial charge in [0.25, 0.3) is 0 Å². The van der Waals surface area contributed by atoms with Crippen molar-refractivity contribution < 1.29 is 14.2 Å². The minimum absolute atomic E-state index is 0.130. The number of rotatable bonds is 7. The zero-order valence-corrected chi connectivity index (χ0v) is 13.0. The summed E-state index contributed by atoms with van der Waals surface area (Å²) in [6.07, 6.45) is 1.86. The van der Waals surface area contributed by atoms with E-state index in [0.717, 1.165) is 26.0 Å². The summed E-state index contributed by atoms with van der Waals surface area (Å²) in [5.74, 6) is 0. The summed E-state index contributed by atoms with van der Waals surface area (Å²) in [7, 11) is 3.34. The van der Waals surface area contributed by atoms with Crippen molar-refractivity contribution in [3.05, 3.63) is 0 Å². The van der Waals surface area contributed by atoms with Crippen LogP contribution in [0.25, 0.3) is 0 Å². The maximum absolute atomic E-state index is 6.06. The van der Waals surface area contributed by atoms with E-state index in [2.05, 4.69) is 25.7 Å². The average Bonchev–Trinajstić information content (AvgIpc) is 2.44. The van der Waals surface area contributed by atoms with E-state index in [1.807, 2.05) is 0 Å². The highest BCUT2D eigenvalue weighted by atomic mass is 16.7. The highest BCUT2D eigenvalue weighted by Gasteiger charge is 2.40. The van der Waals surface area contributed by atoms with Crippen LogP contribution in [0.3, 0.4) is 0 Å². The minimum atomic E-state index is -0.218. The Hall–Kier alpha value is -0.200. The van der Waals surface area contributed by atoms with Crippen LogP contribution in [0, 0.1) is 0 Å². The maximum Gasteiger partial charge on any atom is 0.158 e. The molecule has 0 radical (unpaired) electrons. The molecule has 0 aromatic carbocycles. The normalized spacial score (nSPS) is 28.6. The van der Waals surface area contributed by atoms with Crippen LogP contribution < -0.4 is 5.73 Å². The molecule has 114 valence electrons. The molecule has 0 aromatic rings. The second-order valence-electron chi connectivity index (χ2n) is 5.66. The Balaban J connectivity index is 2.83. The Morgan fingerprint density at radius 1 is 1.42 bits per heavy atom. The Bertz CT molecular complexity index is 261. The standard InChI is InChI=1S/C14H30N2O3/c1-6-12-9-19-11(2)8-16(12)14(3,10-15)7-13(17-4)18-5/h11-13H,6-10,15H2,1-5H3. The van der Waals surface area contributed by atoms with Gasteiger partial charge < -0.3 is 19.9 Å². The predicted molar refractivity (Wildman–Crippen MR) is 76.1 cm³/mol. The molecule has 1 aliphatic rings. The van der Waals surface area contributed by atoms with Crippen LogP contribution in [-0.4, -0.2) is 62.8 Å². The topological polar surface area (TPSA) is 57.0 Å². The van der Waals surface area contributed by atoms with Gasteiger partial charge in [0.1, 0.15) is 0 Å². The largest absolute Gasteiger partial charge is 0.376 e. The lowest BCUT2D eigenvalue weighted by Gasteiger charge is -2.49. The monoisotopic (exact) mass is 274 g/mol. The molecule has 2 N–H and O–H groups in total. The Morgan fingerprint density at radius 3 is 2.53 bits per heavy atom. The maximum atomic E-state index is 6.06. The molecule has 0 aliphatic carbocycles. The molecule has 5 nitrogen and oxygen atoms in total. The van der Waals surface area contributed by atoms with Crippen LogP contribution in [0.1, 0.15) is 33.6 Å². The zero-order chi connectivity index (χ0) is 14.5. The van der Waals surface area contributed by atoms with Crippen molar-refractivity contribution >= 4 is 0 Å². The van der Waals surface area contributed by atoms with Crippen molar-refractivity contribution in [3.8, 4) is 0 Å². The number of hydrogen-bond donors (Lipinski definition) is 1. The molecule has 1 aliphatic heterocycles. The van der Waals surface area contributed by atoms with Gasteiger partial charge >= 0.3 is 0 Å². The quantitative estimate of drug-likeness (QED) is 0.707. The summed E-state index contributed by atoms with van der Waals surface area (Å²) in [4.78, 5) is 2.48. The fourth-order valence-electron chi connectivity index (χ4n) is 2.78. The van der Waals surface area contributed by atoms with Crippen molar-refractivity contribution in [2.75, 3.05) is 33.9 Å². The number of methoxy groups -OCH3 is 2. The third-order valence-corrected chi connectivity index (χ3v) is 4.20. The smallest absolute Gasteiger partial charge is 0.158 e. The van der Waals surface area contributed by atoms with E-state index in [-0.39, 0.29) is 17.9 Å². The van der Waals surface area contributed by atoms with Gasteiger partial charge in [-0.2, -0.15) is 0 Å². The van der Waals surface area contributed by atoms with Crippen LogP contribution in [0.4, 0.5) is 0 Å². The molecule has 3 unspecified atom stereocenters. The second-order valence-corrected chi connectivity index (χ2v) is 5.66. The first kappa shape index (κ1) is 16.9. The number of morpholine rings is 1. The molecule has 1 heterocycles. The summed E-state index contributed by atoms with van der Waals surface area (Å²) in [6.45, 7) is 8.76. The van der Waals surface area contributed by atoms with Gasteiger partial charge in [0, 0.05) is 45.3 Å². The molecule has 1 saturated heterocycles. The average molecular weight is 274 g/mol. The molecule has 0 aromatic heterocycles. The van der Waals surface area contributed by atoms with Gasteiger partial charge in [-0.3, -0.25) is 4.90 Å². The van der Waals surface area contributed by atoms with E-state index in [0.29, 0.717) is 12.6 Å². The highest BCUT2D eigenvalue weighted by molar-refractivity contribution is 4.94. The first-order valence-corrected chi connectivity index (χ1v) is 7.14. The molecular formula is C14H30N2O3. The van der Waals surface area contributed by atoms with Crippen molar-refractivity contribution in [2.24, 2.45) is 5.73 Å². The SMILES string of the molecule is CCC1COC(C)CN1C(C)(CN)CC(OC)OC. The van der Waals surface area contributed by atoms with Gasteiger partial charge in [-0.05, 0) is 20.3 Å². The van der Waals surface area contributed by atoms with Gasteiger partial charge in [0.05, 0.1) is 12.7 Å². The number of nitrogens with two attached hydrogens (primary N) is 1. The summed E-state index contributed by atoms with van der Waals surface area (Å²) in [5, 5.41) is 0. The molecule has 19 heavy (non-hydrogen) atoms. The van der Waals surface area contributed by atoms with E-state index < -0.39 is 0 Å². The van der Waals surface area contributed by atoms with Crippen LogP contribution in [-0.2, 0) is 14.2 Å². The molecule has 0 bridgehead atoms. The van der Waals surface area contributed by atoms with Gasteiger partial charge in [-0.25, -0.2) is 0 Å². The summed E-state index contributed by atoms with van der Waals surface area (Å²) >= 11 is 0. The zero-order valence-electron chi connectivity index (χ0n) is 13.0. The summed E-state index contributed by atoms with van der Waals surface area (Å²) < 4.78 is 16.5. The van der Waals surface area contributed by atoms with Crippen molar-refractivity contribution in [2.45, 2.75) is 57.6 Å². The van der Waals surface area contributed by atoms with Gasteiger partial charge in [0.15, 0.2) is 6.29 Å². The molecule has 0 spiro atoms. The summed E-state index contributed by atoms with van der Waals surface area (Å²) in [6, 6.07) is 0.416. The van der Waals surface area contributed by atoms with E-state index in [9.17, 15) is 0 Å². The first-order valence-electron chi connectivity index (χ1n) is 7.14. The lowest BCUT2D eigenvalue weighted by atomic mass is 9.91. The molecule has 3 atom stereocenters. The van der Waals surface area contributed by atoms with Gasteiger partial charge in [0.2, 0.25) is 0 Å². The third-order valence-electron chi connectivity index (χ3n) is 4.20. The predicted octanol–water partition coefficient (Wildman–Crippen LogP) is 1.21. The van der Waals surface area contributed by atoms with E-state index in [4.69, 9.17) is 19.9 Å². The van der Waals surface area contributed by atoms with E-state index in [1.54, 1.807) is 14.2 Å². The van der Waals surface area contributed by atoms with Crippen LogP contribution >= 0.6 is 0 Å². The number of ether oxygens (including phenoxy) is 3. The van der Waals surface area contributed by atoms with E-state index >= 15 is 0 Å². The minimum Gasteiger partial charge on any atom is -0.376 e. The molecular weight excluding hydrogens is 244 g/mol. The molecule has 0 amide bonds. The fraction of sp³-hybridized carbons (Fsp3) is 1.00. The van der Waals surface area contributed by atoms with Gasteiger partial charge in [-0.15, -0.1) is 0 Å². The van der Waals surface area contributed by atoms with Crippen LogP contribution in [0.15, 0.2) is 0 Å². The fourth-order valence-corrected chi connectivity index (χ4v) is 2.78.